The van der Waals surface area contributed by atoms with Crippen LogP contribution in [-0.2, 0) is 0 Å². The number of benzene rings is 9. The first-order valence-electron chi connectivity index (χ1n) is 29.4. The molecule has 228 valence electrons. The zero-order valence-electron chi connectivity index (χ0n) is 54.4. The lowest BCUT2D eigenvalue weighted by molar-refractivity contribution is 0.669. The molecule has 49 heavy (non-hydrogen) atoms. The van der Waals surface area contributed by atoms with Crippen molar-refractivity contribution in [2.75, 3.05) is 0 Å². The third kappa shape index (κ3) is 4.40. The fraction of sp³-hybridized carbons (Fsp3) is 0. The molecular weight excluding hydrogens is 593 g/mol. The molecule has 0 radical (unpaired) electrons. The first kappa shape index (κ1) is 11.1. The minimum atomic E-state index is -1.15. The molecule has 10 aromatic rings. The van der Waals surface area contributed by atoms with E-state index in [2.05, 4.69) is 0 Å². The molecule has 1 heteroatoms. The molecule has 1 heterocycles. The van der Waals surface area contributed by atoms with Gasteiger partial charge >= 0.3 is 0 Å². The van der Waals surface area contributed by atoms with Crippen LogP contribution in [0.4, 0.5) is 0 Å². The van der Waals surface area contributed by atoms with Crippen molar-refractivity contribution in [2.24, 2.45) is 0 Å². The zero-order valence-corrected chi connectivity index (χ0v) is 24.4. The molecule has 0 unspecified atom stereocenters. The predicted octanol–water partition coefficient (Wildman–Crippen LogP) is 13.7. The molecule has 1 aromatic heterocycles. The topological polar surface area (TPSA) is 13.1 Å². The predicted molar refractivity (Wildman–Crippen MR) is 208 cm³/mol. The molecule has 0 spiro atoms. The number of hydrogen-bond donors (Lipinski definition) is 0. The molecule has 9 aromatic carbocycles. The second-order valence-corrected chi connectivity index (χ2v) is 10.5. The van der Waals surface area contributed by atoms with Gasteiger partial charge in [0.25, 0.3) is 0 Å². The molecule has 0 aliphatic heterocycles. The molecule has 1 nitrogen and oxygen atoms in total. The molecule has 0 atom stereocenters. The summed E-state index contributed by atoms with van der Waals surface area (Å²) in [5.74, 6) is 0. The van der Waals surface area contributed by atoms with Gasteiger partial charge in [-0.05, 0) is 95.0 Å². The van der Waals surface area contributed by atoms with E-state index < -0.39 is 275 Å². The number of rotatable bonds is 4. The number of furan rings is 1. The molecule has 10 rings (SSSR count). The maximum Gasteiger partial charge on any atom is 0.136 e. The summed E-state index contributed by atoms with van der Waals surface area (Å²) in [5.41, 5.74) is -7.97. The summed E-state index contributed by atoms with van der Waals surface area (Å²) >= 11 is 0. The van der Waals surface area contributed by atoms with Gasteiger partial charge in [-0.15, -0.1) is 0 Å². The second-order valence-electron chi connectivity index (χ2n) is 10.5. The van der Waals surface area contributed by atoms with E-state index in [-0.39, 0.29) is 5.39 Å². The Morgan fingerprint density at radius 2 is 0.857 bits per heavy atom. The monoisotopic (exact) mass is 652 g/mol. The molecule has 0 aliphatic rings. The van der Waals surface area contributed by atoms with E-state index >= 15 is 0 Å². The van der Waals surface area contributed by atoms with E-state index in [1.165, 1.54) is 0 Å². The van der Waals surface area contributed by atoms with Crippen molar-refractivity contribution in [1.82, 2.24) is 0 Å². The highest BCUT2D eigenvalue weighted by Gasteiger charge is 2.19. The largest absolute Gasteiger partial charge is 0.456 e. The summed E-state index contributed by atoms with van der Waals surface area (Å²) < 4.78 is 276. The van der Waals surface area contributed by atoms with Crippen molar-refractivity contribution >= 4 is 54.3 Å². The normalized spacial score (nSPS) is 20.2. The molecule has 0 fully saturated rings. The van der Waals surface area contributed by atoms with Crippen LogP contribution < -0.4 is 0 Å². The highest BCUT2D eigenvalue weighted by molar-refractivity contribution is 6.23. The SMILES string of the molecule is [2H]c1c([2H])c([2H])c(-c2c([2H])c([2H])c([2H])c([2H])c2-c2c3c([2H])c([2H])c([2H])c([2H])c3c(-c3c([2H])c([2H])c(-c4c([2H])c([2H])c5oc6c([2H])c([2H])c7c([2H])c([2H])c([2H])c([2H])c7c6c5c4[2H])c([2H])c3[2H])c3c([2H])c([2H])c([2H])c([2H])c23)c([2H])c1[2H]. The van der Waals surface area contributed by atoms with Gasteiger partial charge in [0.1, 0.15) is 11.2 Å². The second kappa shape index (κ2) is 11.1. The van der Waals surface area contributed by atoms with Crippen molar-refractivity contribution in [2.45, 2.75) is 0 Å². The standard InChI is InChI=1S/C48H30O/c1-2-12-32(13-3-1)36-15-6-7-17-38(36)47-41-20-10-8-18-39(41)46(40-19-9-11-21-42(40)47)34-24-22-31(23-25-34)35-27-28-44-43(30-35)48-37-16-5-4-14-33(37)26-29-45(48)49-44/h1-30H/i1D,2D,3D,4D,5D,6D,7D,8D,9D,10D,11D,12D,13D,14D,15D,16D,17D,18D,19D,20D,21D,22D,23D,24D,25D,26D,27D,28D,29D,30D. The Morgan fingerprint density at radius 1 is 0.327 bits per heavy atom. The lowest BCUT2D eigenvalue weighted by Gasteiger charge is -2.19. The summed E-state index contributed by atoms with van der Waals surface area (Å²) in [6, 6.07) is -29.3. The summed E-state index contributed by atoms with van der Waals surface area (Å²) in [4.78, 5) is 0. The summed E-state index contributed by atoms with van der Waals surface area (Å²) in [5, 5.41) is -5.08. The zero-order chi connectivity index (χ0) is 58.4. The third-order valence-electron chi connectivity index (χ3n) is 7.89. The van der Waals surface area contributed by atoms with Crippen LogP contribution >= 0.6 is 0 Å². The van der Waals surface area contributed by atoms with Crippen LogP contribution in [0.2, 0.25) is 0 Å². The van der Waals surface area contributed by atoms with E-state index in [0.717, 1.165) is 0 Å². The minimum Gasteiger partial charge on any atom is -0.456 e. The van der Waals surface area contributed by atoms with E-state index in [0.29, 0.717) is 0 Å². The Kier molecular flexibility index (Phi) is 2.50. The Morgan fingerprint density at radius 3 is 1.57 bits per heavy atom. The van der Waals surface area contributed by atoms with Gasteiger partial charge in [-0.1, -0.05) is 163 Å². The molecule has 0 amide bonds. The van der Waals surface area contributed by atoms with Gasteiger partial charge in [0.15, 0.2) is 0 Å². The van der Waals surface area contributed by atoms with Gasteiger partial charge in [-0.25, -0.2) is 0 Å². The molecule has 0 saturated heterocycles. The quantitative estimate of drug-likeness (QED) is 0.172. The Bertz CT molecular complexity index is 4460. The number of hydrogen-bond acceptors (Lipinski definition) is 1. The van der Waals surface area contributed by atoms with Crippen LogP contribution in [0, 0.1) is 0 Å². The maximum absolute atomic E-state index is 9.66. The molecule has 0 saturated carbocycles. The first-order valence-corrected chi connectivity index (χ1v) is 14.4. The third-order valence-corrected chi connectivity index (χ3v) is 7.89. The minimum absolute atomic E-state index is 0.385. The van der Waals surface area contributed by atoms with Crippen molar-refractivity contribution in [3.63, 3.8) is 0 Å². The number of fused-ring (bicyclic) bond motifs is 7. The van der Waals surface area contributed by atoms with Gasteiger partial charge in [0.05, 0.1) is 41.1 Å². The van der Waals surface area contributed by atoms with E-state index in [1.807, 2.05) is 0 Å². The highest BCUT2D eigenvalue weighted by atomic mass is 16.3. The van der Waals surface area contributed by atoms with Gasteiger partial charge in [-0.2, -0.15) is 0 Å². The van der Waals surface area contributed by atoms with Gasteiger partial charge in [0.2, 0.25) is 0 Å². The molecule has 0 aliphatic carbocycles. The van der Waals surface area contributed by atoms with Crippen LogP contribution in [0.5, 0.6) is 0 Å². The van der Waals surface area contributed by atoms with E-state index in [1.54, 1.807) is 0 Å². The molecule has 0 bridgehead atoms. The summed E-state index contributed by atoms with van der Waals surface area (Å²) in [6.45, 7) is 0. The average Bonchev–Trinajstić information content (AvgIpc) is 4.07. The van der Waals surface area contributed by atoms with Gasteiger partial charge in [0, 0.05) is 10.8 Å². The Hall–Kier alpha value is -6.44. The van der Waals surface area contributed by atoms with Crippen molar-refractivity contribution in [3.05, 3.63) is 181 Å². The maximum atomic E-state index is 9.66. The Labute approximate surface area is 326 Å². The van der Waals surface area contributed by atoms with Gasteiger partial charge < -0.3 is 4.42 Å². The fourth-order valence-electron chi connectivity index (χ4n) is 5.83. The first-order chi connectivity index (χ1) is 36.8. The summed E-state index contributed by atoms with van der Waals surface area (Å²) in [7, 11) is 0. The van der Waals surface area contributed by atoms with Crippen LogP contribution in [0.3, 0.4) is 0 Å². The van der Waals surface area contributed by atoms with Crippen LogP contribution in [0.1, 0.15) is 41.1 Å². The lowest BCUT2D eigenvalue weighted by Crippen LogP contribution is -1.92. The van der Waals surface area contributed by atoms with E-state index in [4.69, 9.17) is 30.5 Å². The van der Waals surface area contributed by atoms with Gasteiger partial charge in [-0.3, -0.25) is 0 Å². The molecule has 0 N–H and O–H groups in total. The highest BCUT2D eigenvalue weighted by Crippen LogP contribution is 2.46. The molecular formula is C48H30O. The Balaban J connectivity index is 1.43. The van der Waals surface area contributed by atoms with Crippen molar-refractivity contribution in [1.29, 1.82) is 0 Å². The van der Waals surface area contributed by atoms with Crippen LogP contribution in [0.25, 0.3) is 98.8 Å². The van der Waals surface area contributed by atoms with Crippen molar-refractivity contribution < 1.29 is 45.5 Å². The summed E-state index contributed by atoms with van der Waals surface area (Å²) in [6.07, 6.45) is 0. The lowest BCUT2D eigenvalue weighted by atomic mass is 9.83. The average molecular weight is 653 g/mol. The van der Waals surface area contributed by atoms with Crippen molar-refractivity contribution in [3.8, 4) is 44.5 Å². The van der Waals surface area contributed by atoms with Crippen LogP contribution in [0.15, 0.2) is 186 Å². The smallest absolute Gasteiger partial charge is 0.136 e. The fourth-order valence-corrected chi connectivity index (χ4v) is 5.83. The van der Waals surface area contributed by atoms with E-state index in [9.17, 15) is 15.1 Å². The van der Waals surface area contributed by atoms with Crippen LogP contribution in [-0.4, -0.2) is 0 Å².